The summed E-state index contributed by atoms with van der Waals surface area (Å²) in [5, 5.41) is 0. The number of hydrogen-bond acceptors (Lipinski definition) is 7. The topological polar surface area (TPSA) is 95.5 Å². The number of hydrogen-bond donors (Lipinski definition) is 1. The van der Waals surface area contributed by atoms with E-state index in [0.717, 1.165) is 16.9 Å². The Morgan fingerprint density at radius 2 is 1.82 bits per heavy atom. The highest BCUT2D eigenvalue weighted by Gasteiger charge is 2.10. The van der Waals surface area contributed by atoms with Crippen LogP contribution in [0.25, 0.3) is 11.3 Å². The number of aromatic nitrogens is 3. The van der Waals surface area contributed by atoms with Gasteiger partial charge in [-0.25, -0.2) is 10.5 Å². The van der Waals surface area contributed by atoms with Gasteiger partial charge in [-0.05, 0) is 37.3 Å². The van der Waals surface area contributed by atoms with E-state index < -0.39 is 5.91 Å². The molecule has 1 aromatic carbocycles. The minimum Gasteiger partial charge on any atom is -0.495 e. The lowest BCUT2D eigenvalue weighted by atomic mass is 10.1. The molecule has 2 heterocycles. The standard InChI is InChI=1S/C20H20N4O4/c1-3-27-16-6-4-15(5-7-16)18-11-22-12-19(23-18)20(25)24-28-13-14-8-17(26-2)10-21-9-14/h4-12H,3,13H2,1-2H3,(H,24,25). The number of methoxy groups -OCH3 is 1. The first-order valence-electron chi connectivity index (χ1n) is 8.65. The van der Waals surface area contributed by atoms with E-state index in [4.69, 9.17) is 14.3 Å². The molecule has 2 aromatic heterocycles. The number of nitrogens with one attached hydrogen (secondary N) is 1. The molecular formula is C20H20N4O4. The first-order valence-corrected chi connectivity index (χ1v) is 8.65. The highest BCUT2D eigenvalue weighted by atomic mass is 16.6. The number of carbonyl (C=O) groups is 1. The predicted octanol–water partition coefficient (Wildman–Crippen LogP) is 2.81. The van der Waals surface area contributed by atoms with Gasteiger partial charge in [0.2, 0.25) is 0 Å². The van der Waals surface area contributed by atoms with Gasteiger partial charge in [-0.1, -0.05) is 0 Å². The normalized spacial score (nSPS) is 10.4. The number of benzene rings is 1. The van der Waals surface area contributed by atoms with Crippen molar-refractivity contribution in [2.24, 2.45) is 0 Å². The Hall–Kier alpha value is -3.52. The largest absolute Gasteiger partial charge is 0.495 e. The molecule has 0 unspecified atom stereocenters. The predicted molar refractivity (Wildman–Crippen MR) is 102 cm³/mol. The highest BCUT2D eigenvalue weighted by Crippen LogP contribution is 2.20. The Morgan fingerprint density at radius 3 is 2.57 bits per heavy atom. The third-order valence-electron chi connectivity index (χ3n) is 3.74. The van der Waals surface area contributed by atoms with Crippen molar-refractivity contribution in [1.29, 1.82) is 0 Å². The van der Waals surface area contributed by atoms with Crippen LogP contribution >= 0.6 is 0 Å². The van der Waals surface area contributed by atoms with Gasteiger partial charge in [0, 0.05) is 17.3 Å². The maximum absolute atomic E-state index is 12.3. The SMILES string of the molecule is CCOc1ccc(-c2cncc(C(=O)NOCc3cncc(OC)c3)n2)cc1. The summed E-state index contributed by atoms with van der Waals surface area (Å²) in [7, 11) is 1.56. The number of hydroxylamine groups is 1. The smallest absolute Gasteiger partial charge is 0.295 e. The van der Waals surface area contributed by atoms with Gasteiger partial charge in [0.1, 0.15) is 23.8 Å². The van der Waals surface area contributed by atoms with Gasteiger partial charge >= 0.3 is 0 Å². The van der Waals surface area contributed by atoms with Gasteiger partial charge in [0.25, 0.3) is 5.91 Å². The van der Waals surface area contributed by atoms with E-state index in [1.165, 1.54) is 6.20 Å². The zero-order chi connectivity index (χ0) is 19.8. The molecule has 0 fully saturated rings. The van der Waals surface area contributed by atoms with E-state index in [9.17, 15) is 4.79 Å². The van der Waals surface area contributed by atoms with Crippen molar-refractivity contribution in [3.05, 3.63) is 66.4 Å². The lowest BCUT2D eigenvalue weighted by Crippen LogP contribution is -2.24. The quantitative estimate of drug-likeness (QED) is 0.600. The summed E-state index contributed by atoms with van der Waals surface area (Å²) in [4.78, 5) is 30.0. The highest BCUT2D eigenvalue weighted by molar-refractivity contribution is 5.91. The van der Waals surface area contributed by atoms with Gasteiger partial charge in [-0.2, -0.15) is 0 Å². The lowest BCUT2D eigenvalue weighted by molar-refractivity contribution is 0.0228. The average molecular weight is 380 g/mol. The van der Waals surface area contributed by atoms with E-state index >= 15 is 0 Å². The van der Waals surface area contributed by atoms with Gasteiger partial charge in [-0.3, -0.25) is 19.6 Å². The van der Waals surface area contributed by atoms with Crippen molar-refractivity contribution in [3.63, 3.8) is 0 Å². The Balaban J connectivity index is 1.61. The van der Waals surface area contributed by atoms with Crippen LogP contribution in [0.15, 0.2) is 55.1 Å². The van der Waals surface area contributed by atoms with Crippen molar-refractivity contribution in [2.45, 2.75) is 13.5 Å². The van der Waals surface area contributed by atoms with Gasteiger partial charge in [0.05, 0.1) is 38.0 Å². The van der Waals surface area contributed by atoms with E-state index in [-0.39, 0.29) is 12.3 Å². The van der Waals surface area contributed by atoms with Crippen LogP contribution in [0.1, 0.15) is 23.0 Å². The number of nitrogens with zero attached hydrogens (tertiary/aromatic N) is 3. The molecule has 3 aromatic rings. The Kier molecular flexibility index (Phi) is 6.48. The summed E-state index contributed by atoms with van der Waals surface area (Å²) in [6.45, 7) is 2.66. The molecule has 0 saturated carbocycles. The second-order valence-corrected chi connectivity index (χ2v) is 5.70. The van der Waals surface area contributed by atoms with Crippen molar-refractivity contribution < 1.29 is 19.1 Å². The monoisotopic (exact) mass is 380 g/mol. The molecule has 0 aliphatic rings. The van der Waals surface area contributed by atoms with Crippen LogP contribution in [-0.4, -0.2) is 34.6 Å². The molecule has 28 heavy (non-hydrogen) atoms. The molecule has 8 heteroatoms. The summed E-state index contributed by atoms with van der Waals surface area (Å²) in [5.74, 6) is 0.894. The average Bonchev–Trinajstić information content (AvgIpc) is 2.75. The second kappa shape index (κ2) is 9.43. The Labute approximate surface area is 162 Å². The summed E-state index contributed by atoms with van der Waals surface area (Å²) >= 11 is 0. The van der Waals surface area contributed by atoms with E-state index in [2.05, 4.69) is 20.4 Å². The Bertz CT molecular complexity index is 931. The molecule has 3 rings (SSSR count). The summed E-state index contributed by atoms with van der Waals surface area (Å²) in [6, 6.07) is 9.19. The van der Waals surface area contributed by atoms with Crippen LogP contribution in [0.5, 0.6) is 11.5 Å². The fraction of sp³-hybridized carbons (Fsp3) is 0.200. The molecule has 1 N–H and O–H groups in total. The molecule has 0 aliphatic heterocycles. The van der Waals surface area contributed by atoms with Gasteiger partial charge < -0.3 is 9.47 Å². The van der Waals surface area contributed by atoms with Crippen molar-refractivity contribution >= 4 is 5.91 Å². The second-order valence-electron chi connectivity index (χ2n) is 5.70. The molecule has 0 spiro atoms. The zero-order valence-electron chi connectivity index (χ0n) is 15.6. The molecule has 0 radical (unpaired) electrons. The van der Waals surface area contributed by atoms with Crippen LogP contribution in [0.4, 0.5) is 0 Å². The van der Waals surface area contributed by atoms with E-state index in [1.807, 2.05) is 31.2 Å². The van der Waals surface area contributed by atoms with Crippen molar-refractivity contribution in [1.82, 2.24) is 20.4 Å². The van der Waals surface area contributed by atoms with Crippen molar-refractivity contribution in [2.75, 3.05) is 13.7 Å². The lowest BCUT2D eigenvalue weighted by Gasteiger charge is -2.08. The minimum absolute atomic E-state index is 0.141. The van der Waals surface area contributed by atoms with Crippen LogP contribution in [0.2, 0.25) is 0 Å². The van der Waals surface area contributed by atoms with Crippen molar-refractivity contribution in [3.8, 4) is 22.8 Å². The van der Waals surface area contributed by atoms with Crippen LogP contribution in [0, 0.1) is 0 Å². The molecule has 0 bridgehead atoms. The Morgan fingerprint density at radius 1 is 1.04 bits per heavy atom. The van der Waals surface area contributed by atoms with Gasteiger partial charge in [0.15, 0.2) is 0 Å². The molecule has 144 valence electrons. The zero-order valence-corrected chi connectivity index (χ0v) is 15.6. The maximum Gasteiger partial charge on any atom is 0.295 e. The summed E-state index contributed by atoms with van der Waals surface area (Å²) in [6.07, 6.45) is 6.18. The molecule has 0 atom stereocenters. The molecule has 8 nitrogen and oxygen atoms in total. The number of carbonyl (C=O) groups excluding carboxylic acids is 1. The van der Waals surface area contributed by atoms with E-state index in [0.29, 0.717) is 18.1 Å². The summed E-state index contributed by atoms with van der Waals surface area (Å²) in [5.41, 5.74) is 4.67. The third-order valence-corrected chi connectivity index (χ3v) is 3.74. The van der Waals surface area contributed by atoms with Crippen LogP contribution in [-0.2, 0) is 11.4 Å². The van der Waals surface area contributed by atoms with E-state index in [1.54, 1.807) is 31.8 Å². The maximum atomic E-state index is 12.3. The fourth-order valence-electron chi connectivity index (χ4n) is 2.39. The summed E-state index contributed by atoms with van der Waals surface area (Å²) < 4.78 is 10.5. The first kappa shape index (κ1) is 19.2. The van der Waals surface area contributed by atoms with Crippen LogP contribution in [0.3, 0.4) is 0 Å². The molecule has 0 saturated heterocycles. The molecule has 0 aliphatic carbocycles. The minimum atomic E-state index is -0.490. The third kappa shape index (κ3) is 5.01. The number of pyridine rings is 1. The van der Waals surface area contributed by atoms with Crippen LogP contribution < -0.4 is 15.0 Å². The fourth-order valence-corrected chi connectivity index (χ4v) is 2.39. The number of ether oxygens (including phenoxy) is 2. The molecular weight excluding hydrogens is 360 g/mol. The molecule has 1 amide bonds. The van der Waals surface area contributed by atoms with Gasteiger partial charge in [-0.15, -0.1) is 0 Å². The number of rotatable bonds is 8. The first-order chi connectivity index (χ1) is 13.7. The number of amides is 1.